The third-order valence-corrected chi connectivity index (χ3v) is 6.02. The summed E-state index contributed by atoms with van der Waals surface area (Å²) in [5.74, 6) is 2.73. The Kier molecular flexibility index (Phi) is 6.43. The number of thioether (sulfide) groups is 1. The standard InChI is InChI=1S/C25H22N4O2S/c1-17-7-4-5-10-23(17)29-24(20-12-21(30-2)14-22(13-20)31-3)27-28-25(29)32-16-19-9-6-8-18(11-19)15-26/h4-14H,16H2,1-3H3. The number of rotatable bonds is 7. The largest absolute Gasteiger partial charge is 0.497 e. The van der Waals surface area contributed by atoms with Crippen LogP contribution in [0.3, 0.4) is 0 Å². The SMILES string of the molecule is COc1cc(OC)cc(-c2nnc(SCc3cccc(C#N)c3)n2-c2ccccc2C)c1. The molecule has 4 aromatic rings. The quantitative estimate of drug-likeness (QED) is 0.356. The van der Waals surface area contributed by atoms with Gasteiger partial charge in [-0.15, -0.1) is 10.2 Å². The highest BCUT2D eigenvalue weighted by molar-refractivity contribution is 7.98. The molecule has 160 valence electrons. The summed E-state index contributed by atoms with van der Waals surface area (Å²) in [5, 5.41) is 19.0. The van der Waals surface area contributed by atoms with E-state index in [1.54, 1.807) is 32.0 Å². The molecule has 0 bridgehead atoms. The number of aryl methyl sites for hydroxylation is 1. The van der Waals surface area contributed by atoms with E-state index in [9.17, 15) is 5.26 Å². The lowest BCUT2D eigenvalue weighted by atomic mass is 10.1. The van der Waals surface area contributed by atoms with Gasteiger partial charge in [-0.2, -0.15) is 5.26 Å². The van der Waals surface area contributed by atoms with Crippen LogP contribution in [0.1, 0.15) is 16.7 Å². The van der Waals surface area contributed by atoms with Gasteiger partial charge in [-0.25, -0.2) is 0 Å². The average Bonchev–Trinajstić information content (AvgIpc) is 3.26. The highest BCUT2D eigenvalue weighted by atomic mass is 32.2. The Hall–Kier alpha value is -3.76. The van der Waals surface area contributed by atoms with Crippen molar-refractivity contribution >= 4 is 11.8 Å². The molecule has 32 heavy (non-hydrogen) atoms. The number of ether oxygens (including phenoxy) is 2. The lowest BCUT2D eigenvalue weighted by molar-refractivity contribution is 0.394. The first-order chi connectivity index (χ1) is 15.6. The molecule has 0 aliphatic carbocycles. The van der Waals surface area contributed by atoms with Gasteiger partial charge < -0.3 is 9.47 Å². The predicted octanol–water partition coefficient (Wildman–Crippen LogP) is 5.42. The van der Waals surface area contributed by atoms with Crippen LogP contribution in [0, 0.1) is 18.3 Å². The van der Waals surface area contributed by atoms with Crippen LogP contribution in [0.15, 0.2) is 71.9 Å². The highest BCUT2D eigenvalue weighted by Crippen LogP contribution is 2.34. The van der Waals surface area contributed by atoms with Gasteiger partial charge in [0.05, 0.1) is 31.5 Å². The zero-order chi connectivity index (χ0) is 22.5. The van der Waals surface area contributed by atoms with E-state index >= 15 is 0 Å². The topological polar surface area (TPSA) is 73.0 Å². The van der Waals surface area contributed by atoms with Crippen molar-refractivity contribution in [2.45, 2.75) is 17.8 Å². The van der Waals surface area contributed by atoms with Crippen LogP contribution < -0.4 is 9.47 Å². The second kappa shape index (κ2) is 9.58. The van der Waals surface area contributed by atoms with Crippen LogP contribution in [0.4, 0.5) is 0 Å². The van der Waals surface area contributed by atoms with E-state index in [1.807, 2.05) is 48.5 Å². The highest BCUT2D eigenvalue weighted by Gasteiger charge is 2.19. The Balaban J connectivity index is 1.79. The monoisotopic (exact) mass is 442 g/mol. The number of hydrogen-bond donors (Lipinski definition) is 0. The second-order valence-electron chi connectivity index (χ2n) is 7.13. The maximum Gasteiger partial charge on any atom is 0.196 e. The van der Waals surface area contributed by atoms with Crippen molar-refractivity contribution in [1.82, 2.24) is 14.8 Å². The van der Waals surface area contributed by atoms with Gasteiger partial charge in [0, 0.05) is 17.4 Å². The van der Waals surface area contributed by atoms with Crippen molar-refractivity contribution in [1.29, 1.82) is 5.26 Å². The van der Waals surface area contributed by atoms with E-state index in [0.717, 1.165) is 27.5 Å². The first kappa shape index (κ1) is 21.5. The lowest BCUT2D eigenvalue weighted by Crippen LogP contribution is -2.02. The molecule has 7 heteroatoms. The minimum Gasteiger partial charge on any atom is -0.497 e. The van der Waals surface area contributed by atoms with E-state index in [4.69, 9.17) is 9.47 Å². The fourth-order valence-corrected chi connectivity index (χ4v) is 4.28. The summed E-state index contributed by atoms with van der Waals surface area (Å²) in [5.41, 5.74) is 4.65. The van der Waals surface area contributed by atoms with Gasteiger partial charge in [-0.05, 0) is 48.4 Å². The Morgan fingerprint density at radius 2 is 1.69 bits per heavy atom. The van der Waals surface area contributed by atoms with Crippen LogP contribution in [0.25, 0.3) is 17.1 Å². The van der Waals surface area contributed by atoms with Crippen LogP contribution in [0.2, 0.25) is 0 Å². The van der Waals surface area contributed by atoms with Crippen LogP contribution in [-0.2, 0) is 5.75 Å². The summed E-state index contributed by atoms with van der Waals surface area (Å²) in [7, 11) is 3.25. The molecule has 0 unspecified atom stereocenters. The van der Waals surface area contributed by atoms with Gasteiger partial charge in [-0.1, -0.05) is 42.1 Å². The minimum absolute atomic E-state index is 0.646. The molecule has 0 aliphatic rings. The van der Waals surface area contributed by atoms with E-state index in [0.29, 0.717) is 28.6 Å². The minimum atomic E-state index is 0.646. The maximum absolute atomic E-state index is 9.18. The maximum atomic E-state index is 9.18. The Labute approximate surface area is 191 Å². The summed E-state index contributed by atoms with van der Waals surface area (Å²) in [6, 6.07) is 23.6. The number of aromatic nitrogens is 3. The summed E-state index contributed by atoms with van der Waals surface area (Å²) < 4.78 is 13.0. The van der Waals surface area contributed by atoms with Crippen molar-refractivity contribution in [3.8, 4) is 34.6 Å². The molecule has 4 rings (SSSR count). The molecule has 1 aromatic heterocycles. The van der Waals surface area contributed by atoms with E-state index < -0.39 is 0 Å². The Morgan fingerprint density at radius 1 is 0.938 bits per heavy atom. The van der Waals surface area contributed by atoms with Gasteiger partial charge in [-0.3, -0.25) is 4.57 Å². The molecule has 0 spiro atoms. The van der Waals surface area contributed by atoms with Crippen molar-refractivity contribution in [2.24, 2.45) is 0 Å². The van der Waals surface area contributed by atoms with Gasteiger partial charge in [0.1, 0.15) is 11.5 Å². The van der Waals surface area contributed by atoms with Crippen LogP contribution >= 0.6 is 11.8 Å². The molecular formula is C25H22N4O2S. The first-order valence-electron chi connectivity index (χ1n) is 9.99. The number of nitrogens with zero attached hydrogens (tertiary/aromatic N) is 4. The summed E-state index contributed by atoms with van der Waals surface area (Å²) in [6.45, 7) is 2.07. The molecule has 0 amide bonds. The lowest BCUT2D eigenvalue weighted by Gasteiger charge is -2.14. The fourth-order valence-electron chi connectivity index (χ4n) is 3.40. The normalized spacial score (nSPS) is 10.6. The van der Waals surface area contributed by atoms with Crippen molar-refractivity contribution in [3.05, 3.63) is 83.4 Å². The first-order valence-corrected chi connectivity index (χ1v) is 11.0. The molecule has 3 aromatic carbocycles. The average molecular weight is 443 g/mol. The molecule has 0 saturated carbocycles. The predicted molar refractivity (Wildman–Crippen MR) is 125 cm³/mol. The van der Waals surface area contributed by atoms with Gasteiger partial charge in [0.25, 0.3) is 0 Å². The van der Waals surface area contributed by atoms with Gasteiger partial charge >= 0.3 is 0 Å². The number of methoxy groups -OCH3 is 2. The second-order valence-corrected chi connectivity index (χ2v) is 8.07. The third kappa shape index (κ3) is 4.46. The Morgan fingerprint density at radius 3 is 2.38 bits per heavy atom. The van der Waals surface area contributed by atoms with Gasteiger partial charge in [0.2, 0.25) is 0 Å². The number of benzene rings is 3. The molecule has 0 aliphatic heterocycles. The Bertz CT molecular complexity index is 1270. The van der Waals surface area contributed by atoms with Crippen molar-refractivity contribution in [2.75, 3.05) is 14.2 Å². The molecule has 0 N–H and O–H groups in total. The van der Waals surface area contributed by atoms with Crippen molar-refractivity contribution < 1.29 is 9.47 Å². The fraction of sp³-hybridized carbons (Fsp3) is 0.160. The molecule has 0 saturated heterocycles. The number of nitriles is 1. The third-order valence-electron chi connectivity index (χ3n) is 5.02. The summed E-state index contributed by atoms with van der Waals surface area (Å²) >= 11 is 1.58. The molecule has 0 fully saturated rings. The molecular weight excluding hydrogens is 420 g/mol. The summed E-state index contributed by atoms with van der Waals surface area (Å²) in [6.07, 6.45) is 0. The summed E-state index contributed by atoms with van der Waals surface area (Å²) in [4.78, 5) is 0. The van der Waals surface area contributed by atoms with E-state index in [2.05, 4.69) is 39.9 Å². The van der Waals surface area contributed by atoms with Crippen LogP contribution in [0.5, 0.6) is 11.5 Å². The van der Waals surface area contributed by atoms with E-state index in [-0.39, 0.29) is 0 Å². The molecule has 0 atom stereocenters. The van der Waals surface area contributed by atoms with E-state index in [1.165, 1.54) is 0 Å². The number of hydrogen-bond acceptors (Lipinski definition) is 6. The molecule has 6 nitrogen and oxygen atoms in total. The van der Waals surface area contributed by atoms with Gasteiger partial charge in [0.15, 0.2) is 11.0 Å². The van der Waals surface area contributed by atoms with Crippen LogP contribution in [-0.4, -0.2) is 29.0 Å². The molecule has 1 heterocycles. The number of para-hydroxylation sites is 1. The zero-order valence-electron chi connectivity index (χ0n) is 18.1. The van der Waals surface area contributed by atoms with Crippen molar-refractivity contribution in [3.63, 3.8) is 0 Å². The smallest absolute Gasteiger partial charge is 0.196 e. The zero-order valence-corrected chi connectivity index (χ0v) is 18.9. The molecule has 0 radical (unpaired) electrons.